The van der Waals surface area contributed by atoms with Gasteiger partial charge in [-0.25, -0.2) is 8.42 Å². The van der Waals surface area contributed by atoms with Crippen LogP contribution in [0.1, 0.15) is 30.0 Å². The zero-order valence-electron chi connectivity index (χ0n) is 12.5. The lowest BCUT2D eigenvalue weighted by Gasteiger charge is -2.21. The summed E-state index contributed by atoms with van der Waals surface area (Å²) in [4.78, 5) is 0. The second-order valence-corrected chi connectivity index (χ2v) is 7.96. The Balaban J connectivity index is 2.17. The molecule has 0 atom stereocenters. The number of rotatable bonds is 7. The van der Waals surface area contributed by atoms with Gasteiger partial charge in [-0.2, -0.15) is 15.6 Å². The highest BCUT2D eigenvalue weighted by molar-refractivity contribution is 7.88. The molecule has 1 aromatic heterocycles. The molecule has 2 rings (SSSR count). The predicted molar refractivity (Wildman–Crippen MR) is 88.8 cm³/mol. The van der Waals surface area contributed by atoms with Crippen LogP contribution in [-0.4, -0.2) is 19.3 Å². The minimum atomic E-state index is -3.29. The smallest absolute Gasteiger partial charge is 0.212 e. The van der Waals surface area contributed by atoms with E-state index >= 15 is 0 Å². The van der Waals surface area contributed by atoms with Crippen LogP contribution in [0.25, 0.3) is 0 Å². The second kappa shape index (κ2) is 7.20. The summed E-state index contributed by atoms with van der Waals surface area (Å²) in [5, 5.41) is 3.98. The van der Waals surface area contributed by atoms with E-state index in [1.54, 1.807) is 15.6 Å². The fraction of sp³-hybridized carbons (Fsp3) is 0.375. The monoisotopic (exact) mass is 323 g/mol. The lowest BCUT2D eigenvalue weighted by atomic mass is 10.2. The van der Waals surface area contributed by atoms with Crippen molar-refractivity contribution in [3.8, 4) is 0 Å². The van der Waals surface area contributed by atoms with Crippen LogP contribution >= 0.6 is 11.3 Å². The molecule has 0 fully saturated rings. The van der Waals surface area contributed by atoms with Gasteiger partial charge in [0.1, 0.15) is 0 Å². The first-order valence-electron chi connectivity index (χ1n) is 7.05. The first kappa shape index (κ1) is 16.2. The number of nitrogens with zero attached hydrogens (tertiary/aromatic N) is 1. The van der Waals surface area contributed by atoms with E-state index in [1.165, 1.54) is 0 Å². The van der Waals surface area contributed by atoms with Crippen molar-refractivity contribution in [3.05, 3.63) is 57.8 Å². The third-order valence-electron chi connectivity index (χ3n) is 3.24. The molecule has 0 bridgehead atoms. The Hall–Kier alpha value is -1.17. The van der Waals surface area contributed by atoms with Crippen molar-refractivity contribution in [1.82, 2.24) is 4.31 Å². The van der Waals surface area contributed by atoms with E-state index < -0.39 is 10.0 Å². The van der Waals surface area contributed by atoms with E-state index in [-0.39, 0.29) is 5.75 Å². The first-order valence-corrected chi connectivity index (χ1v) is 9.61. The third kappa shape index (κ3) is 4.66. The molecular formula is C16H21NO2S2. The van der Waals surface area contributed by atoms with E-state index in [4.69, 9.17) is 0 Å². The van der Waals surface area contributed by atoms with Crippen molar-refractivity contribution in [2.75, 3.05) is 6.54 Å². The average molecular weight is 323 g/mol. The number of thiophene rings is 1. The third-order valence-corrected chi connectivity index (χ3v) is 5.77. The minimum Gasteiger partial charge on any atom is -0.212 e. The number of benzene rings is 1. The summed E-state index contributed by atoms with van der Waals surface area (Å²) < 4.78 is 26.9. The molecule has 0 amide bonds. The quantitative estimate of drug-likeness (QED) is 0.777. The number of aryl methyl sites for hydroxylation is 1. The van der Waals surface area contributed by atoms with Crippen molar-refractivity contribution in [3.63, 3.8) is 0 Å². The Morgan fingerprint density at radius 3 is 2.62 bits per heavy atom. The zero-order chi connectivity index (χ0) is 15.3. The van der Waals surface area contributed by atoms with Crippen LogP contribution in [0.2, 0.25) is 0 Å². The largest absolute Gasteiger partial charge is 0.218 e. The molecule has 1 aromatic carbocycles. The van der Waals surface area contributed by atoms with Crippen LogP contribution in [0.15, 0.2) is 41.1 Å². The fourth-order valence-corrected chi connectivity index (χ4v) is 4.51. The Labute approximate surface area is 131 Å². The molecule has 3 nitrogen and oxygen atoms in total. The van der Waals surface area contributed by atoms with Gasteiger partial charge in [-0.05, 0) is 41.3 Å². The lowest BCUT2D eigenvalue weighted by molar-refractivity contribution is 0.405. The molecule has 2 aromatic rings. The number of hydrogen-bond acceptors (Lipinski definition) is 3. The molecule has 21 heavy (non-hydrogen) atoms. The van der Waals surface area contributed by atoms with Gasteiger partial charge in [0, 0.05) is 13.1 Å². The summed E-state index contributed by atoms with van der Waals surface area (Å²) in [6.45, 7) is 5.00. The van der Waals surface area contributed by atoms with Gasteiger partial charge in [0.05, 0.1) is 5.75 Å². The van der Waals surface area contributed by atoms with Crippen molar-refractivity contribution in [1.29, 1.82) is 0 Å². The number of hydrogen-bond donors (Lipinski definition) is 0. The standard InChI is InChI=1S/C16H21NO2S2/c1-3-8-17(11-16-7-9-20-12-16)21(18,19)13-15-6-4-5-14(2)10-15/h4-7,9-10,12H,3,8,11,13H2,1-2H3. The van der Waals surface area contributed by atoms with Gasteiger partial charge in [-0.1, -0.05) is 36.8 Å². The summed E-state index contributed by atoms with van der Waals surface area (Å²) in [5.41, 5.74) is 2.99. The Morgan fingerprint density at radius 1 is 1.19 bits per heavy atom. The highest BCUT2D eigenvalue weighted by atomic mass is 32.2. The number of sulfonamides is 1. The highest BCUT2D eigenvalue weighted by Gasteiger charge is 2.22. The molecule has 0 spiro atoms. The molecule has 114 valence electrons. The molecule has 0 unspecified atom stereocenters. The molecule has 0 N–H and O–H groups in total. The maximum Gasteiger partial charge on any atom is 0.218 e. The molecule has 0 saturated heterocycles. The van der Waals surface area contributed by atoms with E-state index in [2.05, 4.69) is 0 Å². The van der Waals surface area contributed by atoms with E-state index in [1.807, 2.05) is 54.9 Å². The van der Waals surface area contributed by atoms with Crippen LogP contribution < -0.4 is 0 Å². The van der Waals surface area contributed by atoms with Crippen LogP contribution in [0, 0.1) is 6.92 Å². The van der Waals surface area contributed by atoms with Crippen LogP contribution in [-0.2, 0) is 22.3 Å². The van der Waals surface area contributed by atoms with Crippen molar-refractivity contribution in [2.45, 2.75) is 32.6 Å². The normalized spacial score (nSPS) is 12.0. The van der Waals surface area contributed by atoms with Crippen molar-refractivity contribution in [2.24, 2.45) is 0 Å². The first-order chi connectivity index (χ1) is 10.0. The summed E-state index contributed by atoms with van der Waals surface area (Å²) in [6.07, 6.45) is 0.817. The molecule has 0 aliphatic rings. The van der Waals surface area contributed by atoms with Gasteiger partial charge < -0.3 is 0 Å². The second-order valence-electron chi connectivity index (χ2n) is 5.21. The van der Waals surface area contributed by atoms with Gasteiger partial charge in [0.25, 0.3) is 0 Å². The van der Waals surface area contributed by atoms with Gasteiger partial charge in [-0.15, -0.1) is 0 Å². The molecule has 0 aliphatic heterocycles. The summed E-state index contributed by atoms with van der Waals surface area (Å²) in [6, 6.07) is 9.68. The molecule has 0 aliphatic carbocycles. The predicted octanol–water partition coefficient (Wildman–Crippen LogP) is 3.80. The molecule has 1 heterocycles. The summed E-state index contributed by atoms with van der Waals surface area (Å²) in [7, 11) is -3.29. The van der Waals surface area contributed by atoms with Gasteiger partial charge in [0.15, 0.2) is 0 Å². The Morgan fingerprint density at radius 2 is 2.00 bits per heavy atom. The highest BCUT2D eigenvalue weighted by Crippen LogP contribution is 2.17. The lowest BCUT2D eigenvalue weighted by Crippen LogP contribution is -2.32. The van der Waals surface area contributed by atoms with Gasteiger partial charge in [-0.3, -0.25) is 0 Å². The fourth-order valence-electron chi connectivity index (χ4n) is 2.26. The maximum atomic E-state index is 12.7. The van der Waals surface area contributed by atoms with Crippen molar-refractivity contribution >= 4 is 21.4 Å². The van der Waals surface area contributed by atoms with E-state index in [0.717, 1.165) is 23.1 Å². The SMILES string of the molecule is CCCN(Cc1ccsc1)S(=O)(=O)Cc1cccc(C)c1. The van der Waals surface area contributed by atoms with Gasteiger partial charge >= 0.3 is 0 Å². The average Bonchev–Trinajstić information content (AvgIpc) is 2.90. The summed E-state index contributed by atoms with van der Waals surface area (Å²) >= 11 is 1.59. The van der Waals surface area contributed by atoms with Crippen LogP contribution in [0.4, 0.5) is 0 Å². The minimum absolute atomic E-state index is 0.0683. The molecule has 0 radical (unpaired) electrons. The molecule has 5 heteroatoms. The van der Waals surface area contributed by atoms with Crippen molar-refractivity contribution < 1.29 is 8.42 Å². The topological polar surface area (TPSA) is 37.4 Å². The zero-order valence-corrected chi connectivity index (χ0v) is 14.1. The van der Waals surface area contributed by atoms with E-state index in [9.17, 15) is 8.42 Å². The Bertz CT molecular complexity index is 663. The van der Waals surface area contributed by atoms with Gasteiger partial charge in [0.2, 0.25) is 10.0 Å². The Kier molecular flexibility index (Phi) is 5.56. The molecular weight excluding hydrogens is 302 g/mol. The maximum absolute atomic E-state index is 12.7. The summed E-state index contributed by atoms with van der Waals surface area (Å²) in [5.74, 6) is 0.0683. The van der Waals surface area contributed by atoms with E-state index in [0.29, 0.717) is 13.1 Å². The van der Waals surface area contributed by atoms with Crippen LogP contribution in [0.3, 0.4) is 0 Å². The molecule has 0 saturated carbocycles. The van der Waals surface area contributed by atoms with Crippen LogP contribution in [0.5, 0.6) is 0 Å².